The normalized spacial score (nSPS) is 20.9. The summed E-state index contributed by atoms with van der Waals surface area (Å²) in [4.78, 5) is 0. The zero-order valence-corrected chi connectivity index (χ0v) is 20.9. The van der Waals surface area contributed by atoms with E-state index in [4.69, 9.17) is 4.74 Å². The van der Waals surface area contributed by atoms with Crippen LogP contribution in [0.2, 0.25) is 0 Å². The van der Waals surface area contributed by atoms with E-state index in [0.717, 1.165) is 32.1 Å². The molecule has 2 nitrogen and oxygen atoms in total. The Morgan fingerprint density at radius 3 is 2.18 bits per heavy atom. The predicted octanol–water partition coefficient (Wildman–Crippen LogP) is 8.49. The van der Waals surface area contributed by atoms with E-state index in [1.165, 1.54) is 7.11 Å². The van der Waals surface area contributed by atoms with Crippen molar-refractivity contribution in [2.24, 2.45) is 11.8 Å². The molecule has 190 valence electrons. The minimum atomic E-state index is -1.14. The molecule has 2 unspecified atom stereocenters. The summed E-state index contributed by atoms with van der Waals surface area (Å²) in [5.41, 5.74) is 0.908. The second-order valence-electron chi connectivity index (χ2n) is 9.55. The molecule has 1 aliphatic rings. The van der Waals surface area contributed by atoms with Crippen molar-refractivity contribution < 1.29 is 27.0 Å². The van der Waals surface area contributed by atoms with E-state index in [-0.39, 0.29) is 35.2 Å². The van der Waals surface area contributed by atoms with Crippen LogP contribution in [-0.4, -0.2) is 20.3 Å². The van der Waals surface area contributed by atoms with Crippen molar-refractivity contribution in [1.82, 2.24) is 0 Å². The quantitative estimate of drug-likeness (QED) is 0.169. The predicted molar refractivity (Wildman–Crippen MR) is 129 cm³/mol. The number of aryl methyl sites for hydroxylation is 1. The largest absolute Gasteiger partial charge is 0.494 e. The summed E-state index contributed by atoms with van der Waals surface area (Å²) in [6.45, 7) is 10.8. The van der Waals surface area contributed by atoms with Gasteiger partial charge in [-0.3, -0.25) is 0 Å². The molecule has 34 heavy (non-hydrogen) atoms. The van der Waals surface area contributed by atoms with Crippen LogP contribution in [0.1, 0.15) is 75.8 Å². The summed E-state index contributed by atoms with van der Waals surface area (Å²) in [7, 11) is 2.91. The van der Waals surface area contributed by atoms with Crippen molar-refractivity contribution in [3.63, 3.8) is 0 Å². The van der Waals surface area contributed by atoms with Gasteiger partial charge in [0.1, 0.15) is 5.76 Å². The van der Waals surface area contributed by atoms with Crippen LogP contribution in [0.3, 0.4) is 0 Å². The van der Waals surface area contributed by atoms with Crippen molar-refractivity contribution in [2.75, 3.05) is 14.2 Å². The molecule has 2 rings (SSSR count). The monoisotopic (exact) mass is 482 g/mol. The fraction of sp³-hybridized carbons (Fsp3) is 0.571. The Labute approximate surface area is 201 Å². The SMILES string of the molecule is C=C(OC)/C(F)=C(/F)C(=C)C(C)CCC(C)CCc1ccc(C2CCC(OC)CC2)c(F)c1F. The van der Waals surface area contributed by atoms with Gasteiger partial charge < -0.3 is 9.47 Å². The van der Waals surface area contributed by atoms with Crippen LogP contribution in [0.5, 0.6) is 0 Å². The van der Waals surface area contributed by atoms with E-state index < -0.39 is 23.3 Å². The number of methoxy groups -OCH3 is 2. The summed E-state index contributed by atoms with van der Waals surface area (Å²) in [6, 6.07) is 3.44. The highest BCUT2D eigenvalue weighted by Crippen LogP contribution is 2.36. The average molecular weight is 483 g/mol. The fourth-order valence-corrected chi connectivity index (χ4v) is 4.55. The molecule has 0 spiro atoms. The van der Waals surface area contributed by atoms with Crippen molar-refractivity contribution in [3.8, 4) is 0 Å². The van der Waals surface area contributed by atoms with E-state index in [2.05, 4.69) is 17.9 Å². The number of rotatable bonds is 12. The van der Waals surface area contributed by atoms with Crippen molar-refractivity contribution >= 4 is 0 Å². The molecule has 0 saturated heterocycles. The topological polar surface area (TPSA) is 18.5 Å². The van der Waals surface area contributed by atoms with Gasteiger partial charge >= 0.3 is 0 Å². The lowest BCUT2D eigenvalue weighted by Gasteiger charge is -2.28. The van der Waals surface area contributed by atoms with E-state index in [1.807, 2.05) is 6.92 Å². The van der Waals surface area contributed by atoms with Gasteiger partial charge in [0.05, 0.1) is 13.2 Å². The van der Waals surface area contributed by atoms with E-state index in [1.54, 1.807) is 26.2 Å². The first-order chi connectivity index (χ1) is 16.1. The van der Waals surface area contributed by atoms with Crippen molar-refractivity contribution in [1.29, 1.82) is 0 Å². The summed E-state index contributed by atoms with van der Waals surface area (Å²) in [5, 5.41) is 0. The van der Waals surface area contributed by atoms with Crippen molar-refractivity contribution in [3.05, 3.63) is 71.0 Å². The molecule has 2 atom stereocenters. The van der Waals surface area contributed by atoms with E-state index >= 15 is 0 Å². The number of allylic oxidation sites excluding steroid dienone is 3. The molecule has 1 aliphatic carbocycles. The zero-order valence-electron chi connectivity index (χ0n) is 20.9. The minimum Gasteiger partial charge on any atom is -0.494 e. The number of benzene rings is 1. The smallest absolute Gasteiger partial charge is 0.200 e. The third-order valence-electron chi connectivity index (χ3n) is 7.20. The number of hydrogen-bond acceptors (Lipinski definition) is 2. The number of hydrogen-bond donors (Lipinski definition) is 0. The zero-order chi connectivity index (χ0) is 25.4. The minimum absolute atomic E-state index is 0.0313. The molecular weight excluding hydrogens is 444 g/mol. The van der Waals surface area contributed by atoms with Gasteiger partial charge in [-0.05, 0) is 79.4 Å². The molecule has 0 aromatic heterocycles. The van der Waals surface area contributed by atoms with E-state index in [9.17, 15) is 17.6 Å². The van der Waals surface area contributed by atoms with Gasteiger partial charge in [-0.2, -0.15) is 4.39 Å². The molecule has 0 heterocycles. The van der Waals surface area contributed by atoms with Gasteiger partial charge in [0.25, 0.3) is 0 Å². The molecule has 6 heteroatoms. The van der Waals surface area contributed by atoms with Crippen LogP contribution < -0.4 is 0 Å². The summed E-state index contributed by atoms with van der Waals surface area (Å²) < 4.78 is 67.7. The maximum absolute atomic E-state index is 14.8. The summed E-state index contributed by atoms with van der Waals surface area (Å²) >= 11 is 0. The van der Waals surface area contributed by atoms with Crippen LogP contribution in [0.25, 0.3) is 0 Å². The van der Waals surface area contributed by atoms with Gasteiger partial charge in [-0.25, -0.2) is 13.2 Å². The second-order valence-corrected chi connectivity index (χ2v) is 9.55. The Hall–Kier alpha value is -2.08. The number of ether oxygens (including phenoxy) is 2. The van der Waals surface area contributed by atoms with Crippen LogP contribution in [0, 0.1) is 23.5 Å². The maximum Gasteiger partial charge on any atom is 0.200 e. The average Bonchev–Trinajstić information content (AvgIpc) is 2.86. The molecule has 1 saturated carbocycles. The Bertz CT molecular complexity index is 885. The molecule has 0 N–H and O–H groups in total. The first kappa shape index (κ1) is 28.2. The van der Waals surface area contributed by atoms with E-state index in [0.29, 0.717) is 30.4 Å². The first-order valence-electron chi connectivity index (χ1n) is 12.1. The molecular formula is C28H38F4O2. The third kappa shape index (κ3) is 7.21. The van der Waals surface area contributed by atoms with Gasteiger partial charge in [0.15, 0.2) is 23.3 Å². The van der Waals surface area contributed by atoms with Gasteiger partial charge in [-0.1, -0.05) is 45.6 Å². The molecule has 1 aromatic carbocycles. The lowest BCUT2D eigenvalue weighted by molar-refractivity contribution is 0.0655. The van der Waals surface area contributed by atoms with Crippen LogP contribution in [0.15, 0.2) is 48.3 Å². The Morgan fingerprint density at radius 2 is 1.59 bits per heavy atom. The van der Waals surface area contributed by atoms with Crippen molar-refractivity contribution in [2.45, 2.75) is 77.2 Å². The van der Waals surface area contributed by atoms with Gasteiger partial charge in [-0.15, -0.1) is 0 Å². The van der Waals surface area contributed by atoms with Crippen LogP contribution >= 0.6 is 0 Å². The number of halogens is 4. The van der Waals surface area contributed by atoms with Gasteiger partial charge in [0.2, 0.25) is 0 Å². The standard InChI is InChI=1S/C28H38F4O2/c1-17(7-9-18(2)19(3)25(29)26(30)20(4)33-5)8-10-22-13-16-24(28(32)27(22)31)21-11-14-23(34-6)15-12-21/h13,16-18,21,23H,3-4,7-12,14-15H2,1-2,5-6H3/b26-25-. The van der Waals surface area contributed by atoms with Crippen LogP contribution in [0.4, 0.5) is 17.6 Å². The van der Waals surface area contributed by atoms with Gasteiger partial charge in [0, 0.05) is 7.11 Å². The van der Waals surface area contributed by atoms with Crippen LogP contribution in [-0.2, 0) is 15.9 Å². The highest BCUT2D eigenvalue weighted by molar-refractivity contribution is 5.33. The highest BCUT2D eigenvalue weighted by atomic mass is 19.2. The Kier molecular flexibility index (Phi) is 10.9. The Morgan fingerprint density at radius 1 is 0.941 bits per heavy atom. The fourth-order valence-electron chi connectivity index (χ4n) is 4.55. The highest BCUT2D eigenvalue weighted by Gasteiger charge is 2.26. The maximum atomic E-state index is 14.8. The Balaban J connectivity index is 1.89. The third-order valence-corrected chi connectivity index (χ3v) is 7.20. The molecule has 0 bridgehead atoms. The second kappa shape index (κ2) is 13.1. The lowest BCUT2D eigenvalue weighted by atomic mass is 9.82. The molecule has 1 aromatic rings. The summed E-state index contributed by atoms with van der Waals surface area (Å²) in [6.07, 6.45) is 5.95. The molecule has 0 amide bonds. The lowest BCUT2D eigenvalue weighted by Crippen LogP contribution is -2.20. The first-order valence-corrected chi connectivity index (χ1v) is 12.1. The molecule has 0 aliphatic heterocycles. The molecule has 0 radical (unpaired) electrons. The summed E-state index contributed by atoms with van der Waals surface area (Å²) in [5.74, 6) is -4.07. The molecule has 1 fully saturated rings.